The van der Waals surface area contributed by atoms with Gasteiger partial charge in [-0.3, -0.25) is 4.79 Å². The second-order valence-electron chi connectivity index (χ2n) is 3.73. The average molecular weight is 229 g/mol. The molecule has 0 atom stereocenters. The molecule has 4 heteroatoms. The molecule has 1 N–H and O–H groups in total. The van der Waals surface area contributed by atoms with Crippen molar-refractivity contribution in [2.45, 2.75) is 26.7 Å². The van der Waals surface area contributed by atoms with E-state index >= 15 is 0 Å². The molecular formula is C13H15N3O. The summed E-state index contributed by atoms with van der Waals surface area (Å²) in [7, 11) is 0. The lowest BCUT2D eigenvalue weighted by Gasteiger charge is -2.01. The van der Waals surface area contributed by atoms with Crippen LogP contribution in [0, 0.1) is 11.3 Å². The fourth-order valence-corrected chi connectivity index (χ4v) is 1.32. The maximum atomic E-state index is 11.7. The Hall–Kier alpha value is -2.15. The zero-order chi connectivity index (χ0) is 12.7. The molecule has 0 spiro atoms. The number of hydrazone groups is 1. The van der Waals surface area contributed by atoms with E-state index in [1.165, 1.54) is 0 Å². The van der Waals surface area contributed by atoms with Gasteiger partial charge < -0.3 is 0 Å². The molecule has 0 fully saturated rings. The van der Waals surface area contributed by atoms with Crippen LogP contribution in [-0.4, -0.2) is 11.6 Å². The number of benzene rings is 1. The molecule has 0 aliphatic carbocycles. The molecule has 0 unspecified atom stereocenters. The average Bonchev–Trinajstić information content (AvgIpc) is 2.36. The molecule has 1 aromatic carbocycles. The van der Waals surface area contributed by atoms with Gasteiger partial charge in [-0.25, -0.2) is 5.43 Å². The number of nitrogens with zero attached hydrogens (tertiary/aromatic N) is 2. The van der Waals surface area contributed by atoms with Crippen LogP contribution in [0.15, 0.2) is 29.4 Å². The van der Waals surface area contributed by atoms with Crippen LogP contribution in [0.25, 0.3) is 0 Å². The van der Waals surface area contributed by atoms with Gasteiger partial charge in [-0.15, -0.1) is 0 Å². The molecular weight excluding hydrogens is 214 g/mol. The third-order valence-electron chi connectivity index (χ3n) is 2.24. The second-order valence-corrected chi connectivity index (χ2v) is 3.73. The smallest absolute Gasteiger partial charge is 0.267 e. The molecule has 1 aromatic rings. The molecule has 0 aliphatic heterocycles. The highest BCUT2D eigenvalue weighted by atomic mass is 16.2. The largest absolute Gasteiger partial charge is 0.271 e. The Morgan fingerprint density at radius 1 is 1.41 bits per heavy atom. The van der Waals surface area contributed by atoms with Gasteiger partial charge in [-0.05, 0) is 37.6 Å². The Balaban J connectivity index is 2.64. The van der Waals surface area contributed by atoms with E-state index in [2.05, 4.69) is 17.5 Å². The highest BCUT2D eigenvalue weighted by Gasteiger charge is 2.03. The zero-order valence-corrected chi connectivity index (χ0v) is 10.0. The maximum absolute atomic E-state index is 11.7. The van der Waals surface area contributed by atoms with Gasteiger partial charge in [0.05, 0.1) is 11.6 Å². The SMILES string of the molecule is CCC/C(C)=N/NC(=O)c1ccc(C#N)cc1. The summed E-state index contributed by atoms with van der Waals surface area (Å²) in [5.41, 5.74) is 4.42. The predicted octanol–water partition coefficient (Wildman–Crippen LogP) is 2.46. The highest BCUT2D eigenvalue weighted by molar-refractivity contribution is 5.95. The Morgan fingerprint density at radius 2 is 2.06 bits per heavy atom. The van der Waals surface area contributed by atoms with Gasteiger partial charge in [0.15, 0.2) is 0 Å². The quantitative estimate of drug-likeness (QED) is 0.636. The first kappa shape index (κ1) is 12.9. The molecule has 88 valence electrons. The molecule has 0 saturated heterocycles. The minimum atomic E-state index is -0.259. The Labute approximate surface area is 101 Å². The zero-order valence-electron chi connectivity index (χ0n) is 10.0. The molecule has 0 aliphatic rings. The number of hydrogen-bond acceptors (Lipinski definition) is 3. The van der Waals surface area contributed by atoms with Crippen LogP contribution in [0.4, 0.5) is 0 Å². The van der Waals surface area contributed by atoms with Crippen molar-refractivity contribution >= 4 is 11.6 Å². The highest BCUT2D eigenvalue weighted by Crippen LogP contribution is 2.03. The van der Waals surface area contributed by atoms with Gasteiger partial charge in [0.1, 0.15) is 0 Å². The minimum Gasteiger partial charge on any atom is -0.267 e. The van der Waals surface area contributed by atoms with Crippen LogP contribution in [-0.2, 0) is 0 Å². The molecule has 0 radical (unpaired) electrons. The van der Waals surface area contributed by atoms with Gasteiger partial charge in [-0.2, -0.15) is 10.4 Å². The first-order valence-electron chi connectivity index (χ1n) is 5.51. The number of carbonyl (C=O) groups is 1. The molecule has 4 nitrogen and oxygen atoms in total. The summed E-state index contributed by atoms with van der Waals surface area (Å²) in [6, 6.07) is 8.44. The lowest BCUT2D eigenvalue weighted by atomic mass is 10.1. The fraction of sp³-hybridized carbons (Fsp3) is 0.308. The lowest BCUT2D eigenvalue weighted by molar-refractivity contribution is 0.0954. The van der Waals surface area contributed by atoms with Crippen molar-refractivity contribution in [3.63, 3.8) is 0 Å². The summed E-state index contributed by atoms with van der Waals surface area (Å²) in [5, 5.41) is 12.6. The number of nitrogens with one attached hydrogen (secondary N) is 1. The van der Waals surface area contributed by atoms with Gasteiger partial charge in [0.2, 0.25) is 0 Å². The minimum absolute atomic E-state index is 0.259. The summed E-state index contributed by atoms with van der Waals surface area (Å²) in [6.45, 7) is 3.93. The third-order valence-corrected chi connectivity index (χ3v) is 2.24. The summed E-state index contributed by atoms with van der Waals surface area (Å²) in [5.74, 6) is -0.259. The molecule has 0 aromatic heterocycles. The van der Waals surface area contributed by atoms with Gasteiger partial charge in [0.25, 0.3) is 5.91 Å². The number of rotatable bonds is 4. The van der Waals surface area contributed by atoms with E-state index in [1.54, 1.807) is 24.3 Å². The first-order chi connectivity index (χ1) is 8.17. The van der Waals surface area contributed by atoms with Gasteiger partial charge >= 0.3 is 0 Å². The second kappa shape index (κ2) is 6.44. The molecule has 17 heavy (non-hydrogen) atoms. The van der Waals surface area contributed by atoms with E-state index in [0.717, 1.165) is 18.6 Å². The van der Waals surface area contributed by atoms with Crippen LogP contribution in [0.1, 0.15) is 42.6 Å². The number of carbonyl (C=O) groups excluding carboxylic acids is 1. The third kappa shape index (κ3) is 4.07. The van der Waals surface area contributed by atoms with Crippen molar-refractivity contribution < 1.29 is 4.79 Å². The fourth-order valence-electron chi connectivity index (χ4n) is 1.32. The monoisotopic (exact) mass is 229 g/mol. The molecule has 1 rings (SSSR count). The summed E-state index contributed by atoms with van der Waals surface area (Å²) < 4.78 is 0. The van der Waals surface area contributed by atoms with E-state index < -0.39 is 0 Å². The van der Waals surface area contributed by atoms with Crippen molar-refractivity contribution in [3.05, 3.63) is 35.4 Å². The van der Waals surface area contributed by atoms with Crippen molar-refractivity contribution in [2.75, 3.05) is 0 Å². The summed E-state index contributed by atoms with van der Waals surface area (Å²) in [6.07, 6.45) is 1.87. The topological polar surface area (TPSA) is 65.2 Å². The predicted molar refractivity (Wildman–Crippen MR) is 66.6 cm³/mol. The molecule has 0 bridgehead atoms. The van der Waals surface area contributed by atoms with Gasteiger partial charge in [0, 0.05) is 11.3 Å². The van der Waals surface area contributed by atoms with Crippen LogP contribution < -0.4 is 5.43 Å². The molecule has 0 heterocycles. The van der Waals surface area contributed by atoms with E-state index in [-0.39, 0.29) is 5.91 Å². The van der Waals surface area contributed by atoms with Crippen LogP contribution in [0.3, 0.4) is 0 Å². The summed E-state index contributed by atoms with van der Waals surface area (Å²) in [4.78, 5) is 11.7. The van der Waals surface area contributed by atoms with E-state index in [0.29, 0.717) is 11.1 Å². The lowest BCUT2D eigenvalue weighted by Crippen LogP contribution is -2.18. The summed E-state index contributed by atoms with van der Waals surface area (Å²) >= 11 is 0. The maximum Gasteiger partial charge on any atom is 0.271 e. The molecule has 1 amide bonds. The van der Waals surface area contributed by atoms with Gasteiger partial charge in [-0.1, -0.05) is 13.3 Å². The van der Waals surface area contributed by atoms with Crippen molar-refractivity contribution in [2.24, 2.45) is 5.10 Å². The van der Waals surface area contributed by atoms with E-state index in [9.17, 15) is 4.79 Å². The Kier molecular flexibility index (Phi) is 4.89. The standard InChI is InChI=1S/C13H15N3O/c1-3-4-10(2)15-16-13(17)12-7-5-11(9-14)6-8-12/h5-8H,3-4H2,1-2H3,(H,16,17)/b15-10+. The van der Waals surface area contributed by atoms with Crippen molar-refractivity contribution in [1.82, 2.24) is 5.43 Å². The van der Waals surface area contributed by atoms with Crippen LogP contribution in [0.5, 0.6) is 0 Å². The number of amides is 1. The van der Waals surface area contributed by atoms with E-state index in [1.807, 2.05) is 13.0 Å². The van der Waals surface area contributed by atoms with E-state index in [4.69, 9.17) is 5.26 Å². The van der Waals surface area contributed by atoms with Crippen LogP contribution >= 0.6 is 0 Å². The first-order valence-corrected chi connectivity index (χ1v) is 5.51. The molecule has 0 saturated carbocycles. The number of nitriles is 1. The Morgan fingerprint density at radius 3 is 2.59 bits per heavy atom. The number of hydrogen-bond donors (Lipinski definition) is 1. The normalized spacial score (nSPS) is 10.8. The Bertz CT molecular complexity index is 455. The van der Waals surface area contributed by atoms with Crippen LogP contribution in [0.2, 0.25) is 0 Å². The van der Waals surface area contributed by atoms with Crippen molar-refractivity contribution in [3.8, 4) is 6.07 Å². The van der Waals surface area contributed by atoms with Crippen molar-refractivity contribution in [1.29, 1.82) is 5.26 Å².